The third-order valence-corrected chi connectivity index (χ3v) is 5.63. The molecule has 0 atom stereocenters. The minimum atomic E-state index is -3.75. The van der Waals surface area contributed by atoms with Crippen molar-refractivity contribution in [3.05, 3.63) is 17.6 Å². The maximum Gasteiger partial charge on any atom is 0.371 e. The van der Waals surface area contributed by atoms with Crippen molar-refractivity contribution < 1.29 is 22.7 Å². The van der Waals surface area contributed by atoms with E-state index in [9.17, 15) is 13.2 Å². The fourth-order valence-corrected chi connectivity index (χ4v) is 4.14. The Hall–Kier alpha value is -1.34. The van der Waals surface area contributed by atoms with Crippen LogP contribution in [0.1, 0.15) is 55.3 Å². The number of nitrogens with one attached hydrogen (secondary N) is 1. The highest BCUT2D eigenvalue weighted by molar-refractivity contribution is 7.89. The lowest BCUT2D eigenvalue weighted by Gasteiger charge is -2.33. The topological polar surface area (TPSA) is 96.6 Å². The molecule has 1 aromatic heterocycles. The molecule has 7 heteroatoms. The van der Waals surface area contributed by atoms with E-state index in [1.165, 1.54) is 13.3 Å². The van der Waals surface area contributed by atoms with Crippen LogP contribution in [0, 0.1) is 12.3 Å². The van der Waals surface area contributed by atoms with E-state index in [1.54, 1.807) is 0 Å². The Morgan fingerprint density at radius 2 is 2.00 bits per heavy atom. The van der Waals surface area contributed by atoms with Gasteiger partial charge in [0.1, 0.15) is 10.7 Å². The van der Waals surface area contributed by atoms with Crippen LogP contribution < -0.4 is 4.72 Å². The highest BCUT2D eigenvalue weighted by Gasteiger charge is 2.30. The summed E-state index contributed by atoms with van der Waals surface area (Å²) in [6.07, 6.45) is 5.43. The van der Waals surface area contributed by atoms with Crippen molar-refractivity contribution >= 4 is 16.0 Å². The van der Waals surface area contributed by atoms with Gasteiger partial charge >= 0.3 is 5.97 Å². The lowest BCUT2D eigenvalue weighted by atomic mass is 9.76. The maximum atomic E-state index is 12.3. The molecule has 0 amide bonds. The lowest BCUT2D eigenvalue weighted by Crippen LogP contribution is -2.37. The third kappa shape index (κ3) is 3.65. The Balaban J connectivity index is 2.13. The highest BCUT2D eigenvalue weighted by Crippen LogP contribution is 2.35. The average Bonchev–Trinajstić information content (AvgIpc) is 2.81. The Bertz CT molecular complexity index is 626. The van der Waals surface area contributed by atoms with Crippen LogP contribution in [0.25, 0.3) is 0 Å². The predicted molar refractivity (Wildman–Crippen MR) is 76.8 cm³/mol. The van der Waals surface area contributed by atoms with Crippen molar-refractivity contribution in [2.45, 2.75) is 50.8 Å². The summed E-state index contributed by atoms with van der Waals surface area (Å²) in [6.45, 7) is 3.89. The van der Waals surface area contributed by atoms with Gasteiger partial charge in [0.05, 0.1) is 0 Å². The molecule has 1 aromatic rings. The van der Waals surface area contributed by atoms with E-state index in [0.29, 0.717) is 6.54 Å². The van der Waals surface area contributed by atoms with Gasteiger partial charge in [0.25, 0.3) is 0 Å². The molecular weight excluding hydrogens is 294 g/mol. The molecule has 1 fully saturated rings. The third-order valence-electron chi connectivity index (χ3n) is 4.12. The van der Waals surface area contributed by atoms with Gasteiger partial charge < -0.3 is 9.52 Å². The summed E-state index contributed by atoms with van der Waals surface area (Å²) in [6, 6.07) is 1.06. The molecule has 0 spiro atoms. The number of carboxylic acid groups (broad SMARTS) is 1. The van der Waals surface area contributed by atoms with Crippen molar-refractivity contribution in [1.29, 1.82) is 0 Å². The molecule has 0 saturated heterocycles. The van der Waals surface area contributed by atoms with Gasteiger partial charge in [-0.3, -0.25) is 0 Å². The first-order valence-corrected chi connectivity index (χ1v) is 8.55. The van der Waals surface area contributed by atoms with E-state index in [0.717, 1.165) is 31.7 Å². The zero-order valence-electron chi connectivity index (χ0n) is 12.3. The predicted octanol–water partition coefficient (Wildman–Crippen LogP) is 2.53. The van der Waals surface area contributed by atoms with E-state index < -0.39 is 16.0 Å². The van der Waals surface area contributed by atoms with Crippen molar-refractivity contribution in [3.8, 4) is 0 Å². The number of carboxylic acids is 1. The van der Waals surface area contributed by atoms with Crippen molar-refractivity contribution in [2.75, 3.05) is 6.54 Å². The highest BCUT2D eigenvalue weighted by atomic mass is 32.2. The van der Waals surface area contributed by atoms with Crippen LogP contribution >= 0.6 is 0 Å². The van der Waals surface area contributed by atoms with E-state index in [1.807, 2.05) is 0 Å². The van der Waals surface area contributed by atoms with Gasteiger partial charge in [-0.1, -0.05) is 26.2 Å². The second kappa shape index (κ2) is 5.81. The molecule has 1 aliphatic rings. The standard InChI is InChI=1S/C14H21NO5S/c1-10-12(8-11(20-10)13(16)17)21(18,19)15-9-14(2)6-4-3-5-7-14/h8,15H,3-7,9H2,1-2H3,(H,16,17). The molecule has 0 bridgehead atoms. The quantitative estimate of drug-likeness (QED) is 0.870. The first kappa shape index (κ1) is 16.0. The summed E-state index contributed by atoms with van der Waals surface area (Å²) < 4.78 is 32.2. The van der Waals surface area contributed by atoms with Crippen LogP contribution in [0.3, 0.4) is 0 Å². The largest absolute Gasteiger partial charge is 0.475 e. The van der Waals surface area contributed by atoms with Gasteiger partial charge in [-0.2, -0.15) is 0 Å². The van der Waals surface area contributed by atoms with Crippen LogP contribution in [0.4, 0.5) is 0 Å². The first-order valence-electron chi connectivity index (χ1n) is 7.07. The Morgan fingerprint density at radius 1 is 1.38 bits per heavy atom. The van der Waals surface area contributed by atoms with Crippen LogP contribution in [0.2, 0.25) is 0 Å². The van der Waals surface area contributed by atoms with E-state index in [-0.39, 0.29) is 21.8 Å². The molecule has 0 radical (unpaired) electrons. The van der Waals surface area contributed by atoms with Gasteiger partial charge in [0.15, 0.2) is 0 Å². The van der Waals surface area contributed by atoms with Crippen LogP contribution in [-0.2, 0) is 10.0 Å². The maximum absolute atomic E-state index is 12.3. The summed E-state index contributed by atoms with van der Waals surface area (Å²) in [5, 5.41) is 8.85. The van der Waals surface area contributed by atoms with Gasteiger partial charge in [-0.15, -0.1) is 0 Å². The lowest BCUT2D eigenvalue weighted by molar-refractivity contribution is 0.0661. The number of aromatic carboxylic acids is 1. The normalized spacial score (nSPS) is 18.6. The van der Waals surface area contributed by atoms with Gasteiger partial charge in [-0.25, -0.2) is 17.9 Å². The molecular formula is C14H21NO5S. The van der Waals surface area contributed by atoms with Crippen LogP contribution in [0.15, 0.2) is 15.4 Å². The number of hydrogen-bond donors (Lipinski definition) is 2. The Morgan fingerprint density at radius 3 is 2.52 bits per heavy atom. The minimum absolute atomic E-state index is 0.0292. The van der Waals surface area contributed by atoms with Crippen molar-refractivity contribution in [2.24, 2.45) is 5.41 Å². The van der Waals surface area contributed by atoms with E-state index in [4.69, 9.17) is 9.52 Å². The molecule has 0 unspecified atom stereocenters. The second-order valence-electron chi connectivity index (χ2n) is 6.03. The Kier molecular flexibility index (Phi) is 4.43. The summed E-state index contributed by atoms with van der Waals surface area (Å²) in [5.74, 6) is -1.55. The van der Waals surface area contributed by atoms with Crippen molar-refractivity contribution in [1.82, 2.24) is 4.72 Å². The van der Waals surface area contributed by atoms with Crippen molar-refractivity contribution in [3.63, 3.8) is 0 Å². The number of aryl methyl sites for hydroxylation is 1. The molecule has 0 aliphatic heterocycles. The summed E-state index contributed by atoms with van der Waals surface area (Å²) in [7, 11) is -3.75. The van der Waals surface area contributed by atoms with Gasteiger partial charge in [0, 0.05) is 12.6 Å². The number of carbonyl (C=O) groups is 1. The first-order chi connectivity index (χ1) is 9.73. The molecule has 2 N–H and O–H groups in total. The fraction of sp³-hybridized carbons (Fsp3) is 0.643. The van der Waals surface area contributed by atoms with Gasteiger partial charge in [-0.05, 0) is 25.2 Å². The molecule has 1 heterocycles. The molecule has 2 rings (SSSR count). The van der Waals surface area contributed by atoms with E-state index >= 15 is 0 Å². The minimum Gasteiger partial charge on any atom is -0.475 e. The molecule has 1 saturated carbocycles. The van der Waals surface area contributed by atoms with Gasteiger partial charge in [0.2, 0.25) is 15.8 Å². The molecule has 118 valence electrons. The number of hydrogen-bond acceptors (Lipinski definition) is 4. The monoisotopic (exact) mass is 315 g/mol. The number of sulfonamides is 1. The summed E-state index contributed by atoms with van der Waals surface area (Å²) in [4.78, 5) is 10.7. The molecule has 1 aliphatic carbocycles. The van der Waals surface area contributed by atoms with Crippen LogP contribution in [-0.4, -0.2) is 26.0 Å². The summed E-state index contributed by atoms with van der Waals surface area (Å²) in [5.41, 5.74) is -0.0292. The smallest absolute Gasteiger partial charge is 0.371 e. The molecule has 6 nitrogen and oxygen atoms in total. The molecule has 0 aromatic carbocycles. The van der Waals surface area contributed by atoms with E-state index in [2.05, 4.69) is 11.6 Å². The second-order valence-corrected chi connectivity index (χ2v) is 7.77. The SMILES string of the molecule is Cc1oc(C(=O)O)cc1S(=O)(=O)NCC1(C)CCCCC1. The molecule has 21 heavy (non-hydrogen) atoms. The summed E-state index contributed by atoms with van der Waals surface area (Å²) >= 11 is 0. The average molecular weight is 315 g/mol. The number of furan rings is 1. The fourth-order valence-electron chi connectivity index (χ4n) is 2.77. The number of rotatable bonds is 5. The Labute approximate surface area is 124 Å². The zero-order chi connectivity index (χ0) is 15.7. The zero-order valence-corrected chi connectivity index (χ0v) is 13.1. The van der Waals surface area contributed by atoms with Crippen LogP contribution in [0.5, 0.6) is 0 Å².